The molecule has 0 spiro atoms. The molecule has 0 saturated carbocycles. The molecular formula is C15H21NO5S. The Morgan fingerprint density at radius 1 is 1.41 bits per heavy atom. The van der Waals surface area contributed by atoms with E-state index in [1.807, 2.05) is 6.92 Å². The summed E-state index contributed by atoms with van der Waals surface area (Å²) in [4.78, 5) is 12.2. The van der Waals surface area contributed by atoms with Crippen molar-refractivity contribution in [1.82, 2.24) is 4.31 Å². The first-order valence-corrected chi connectivity index (χ1v) is 8.61. The number of carbonyl (C=O) groups excluding carboxylic acids is 1. The van der Waals surface area contributed by atoms with Crippen LogP contribution in [0.3, 0.4) is 0 Å². The summed E-state index contributed by atoms with van der Waals surface area (Å²) in [5.41, 5.74) is -0.501. The third kappa shape index (κ3) is 3.02. The molecule has 1 heterocycles. The lowest BCUT2D eigenvalue weighted by Crippen LogP contribution is -2.51. The van der Waals surface area contributed by atoms with E-state index >= 15 is 0 Å². The molecule has 0 aliphatic carbocycles. The van der Waals surface area contributed by atoms with Gasteiger partial charge in [-0.25, -0.2) is 8.42 Å². The van der Waals surface area contributed by atoms with Crippen LogP contribution in [0.4, 0.5) is 0 Å². The van der Waals surface area contributed by atoms with Crippen LogP contribution < -0.4 is 0 Å². The molecule has 0 bridgehead atoms. The molecule has 1 aromatic rings. The van der Waals surface area contributed by atoms with E-state index in [-0.39, 0.29) is 24.5 Å². The number of esters is 1. The fraction of sp³-hybridized carbons (Fsp3) is 0.533. The van der Waals surface area contributed by atoms with Gasteiger partial charge in [-0.05, 0) is 39.3 Å². The summed E-state index contributed by atoms with van der Waals surface area (Å²) >= 11 is 0. The molecule has 1 aliphatic rings. The highest BCUT2D eigenvalue weighted by Gasteiger charge is 2.52. The summed E-state index contributed by atoms with van der Waals surface area (Å²) < 4.78 is 31.5. The fourth-order valence-corrected chi connectivity index (χ4v) is 4.28. The van der Waals surface area contributed by atoms with E-state index in [2.05, 4.69) is 0 Å². The standard InChI is InChI=1S/C15H21NO5S/c1-4-21-14(17)13-15(3,18)9-10-16(13)22(19,20)12-7-5-11(2)6-8-12/h5-8,13,18H,4,9-10H2,1-3H3/t13-,15+/m0/s1. The van der Waals surface area contributed by atoms with Crippen molar-refractivity contribution in [3.05, 3.63) is 29.8 Å². The number of aryl methyl sites for hydroxylation is 1. The maximum absolute atomic E-state index is 12.8. The number of aliphatic hydroxyl groups is 1. The van der Waals surface area contributed by atoms with Crippen molar-refractivity contribution in [3.8, 4) is 0 Å². The third-order valence-corrected chi connectivity index (χ3v) is 5.73. The quantitative estimate of drug-likeness (QED) is 0.836. The van der Waals surface area contributed by atoms with Crippen LogP contribution in [0.15, 0.2) is 29.2 Å². The summed E-state index contributed by atoms with van der Waals surface area (Å²) in [5.74, 6) is -0.722. The summed E-state index contributed by atoms with van der Waals surface area (Å²) in [6.45, 7) is 5.16. The number of carbonyl (C=O) groups is 1. The number of hydrogen-bond acceptors (Lipinski definition) is 5. The van der Waals surface area contributed by atoms with Gasteiger partial charge >= 0.3 is 5.97 Å². The molecule has 1 aromatic carbocycles. The van der Waals surface area contributed by atoms with E-state index in [9.17, 15) is 18.3 Å². The van der Waals surface area contributed by atoms with E-state index in [1.54, 1.807) is 19.1 Å². The van der Waals surface area contributed by atoms with Gasteiger partial charge in [0.2, 0.25) is 10.0 Å². The average Bonchev–Trinajstić information content (AvgIpc) is 2.76. The van der Waals surface area contributed by atoms with Crippen molar-refractivity contribution in [2.45, 2.75) is 43.7 Å². The Hall–Kier alpha value is -1.44. The number of ether oxygens (including phenoxy) is 1. The van der Waals surface area contributed by atoms with Crippen LogP contribution in [0.2, 0.25) is 0 Å². The molecule has 1 N–H and O–H groups in total. The van der Waals surface area contributed by atoms with Gasteiger partial charge in [-0.15, -0.1) is 0 Å². The molecule has 22 heavy (non-hydrogen) atoms. The lowest BCUT2D eigenvalue weighted by atomic mass is 9.98. The van der Waals surface area contributed by atoms with Gasteiger partial charge in [-0.2, -0.15) is 4.31 Å². The topological polar surface area (TPSA) is 83.9 Å². The van der Waals surface area contributed by atoms with Gasteiger partial charge < -0.3 is 9.84 Å². The maximum atomic E-state index is 12.8. The Balaban J connectivity index is 2.40. The zero-order chi connectivity index (χ0) is 16.5. The molecule has 2 rings (SSSR count). The van der Waals surface area contributed by atoms with E-state index < -0.39 is 27.6 Å². The maximum Gasteiger partial charge on any atom is 0.327 e. The van der Waals surface area contributed by atoms with Gasteiger partial charge in [-0.1, -0.05) is 17.7 Å². The van der Waals surface area contributed by atoms with Crippen molar-refractivity contribution in [2.75, 3.05) is 13.2 Å². The molecule has 0 radical (unpaired) electrons. The second-order valence-electron chi connectivity index (χ2n) is 5.69. The molecule has 1 saturated heterocycles. The minimum absolute atomic E-state index is 0.0761. The monoisotopic (exact) mass is 327 g/mol. The van der Waals surface area contributed by atoms with Gasteiger partial charge in [0.25, 0.3) is 0 Å². The van der Waals surface area contributed by atoms with Gasteiger partial charge in [0, 0.05) is 6.54 Å². The van der Waals surface area contributed by atoms with Crippen molar-refractivity contribution in [3.63, 3.8) is 0 Å². The Kier molecular flexibility index (Phi) is 4.60. The number of rotatable bonds is 4. The third-order valence-electron chi connectivity index (χ3n) is 3.85. The summed E-state index contributed by atoms with van der Waals surface area (Å²) in [7, 11) is -3.87. The molecule has 0 unspecified atom stereocenters. The minimum Gasteiger partial charge on any atom is -0.465 e. The van der Waals surface area contributed by atoms with Crippen LogP contribution in [0.25, 0.3) is 0 Å². The lowest BCUT2D eigenvalue weighted by molar-refractivity contribution is -0.152. The van der Waals surface area contributed by atoms with E-state index in [1.165, 1.54) is 19.1 Å². The van der Waals surface area contributed by atoms with Gasteiger partial charge in [0.15, 0.2) is 6.04 Å². The van der Waals surface area contributed by atoms with Crippen LogP contribution in [0.1, 0.15) is 25.8 Å². The van der Waals surface area contributed by atoms with Crippen LogP contribution in [0.5, 0.6) is 0 Å². The predicted molar refractivity (Wildman–Crippen MR) is 80.7 cm³/mol. The first-order valence-electron chi connectivity index (χ1n) is 7.17. The molecule has 6 nitrogen and oxygen atoms in total. The Labute approximate surface area is 130 Å². The average molecular weight is 327 g/mol. The Bertz CT molecular complexity index is 651. The van der Waals surface area contributed by atoms with Crippen molar-refractivity contribution in [2.24, 2.45) is 0 Å². The normalized spacial score (nSPS) is 26.1. The number of sulfonamides is 1. The molecule has 7 heteroatoms. The minimum atomic E-state index is -3.87. The second kappa shape index (κ2) is 5.98. The van der Waals surface area contributed by atoms with Gasteiger partial charge in [0.1, 0.15) is 0 Å². The van der Waals surface area contributed by atoms with E-state index in [0.29, 0.717) is 0 Å². The van der Waals surface area contributed by atoms with Gasteiger partial charge in [-0.3, -0.25) is 4.79 Å². The summed E-state index contributed by atoms with van der Waals surface area (Å²) in [6, 6.07) is 5.17. The fourth-order valence-electron chi connectivity index (χ4n) is 2.61. The SMILES string of the molecule is CCOC(=O)[C@@H]1N(S(=O)(=O)c2ccc(C)cc2)CC[C@@]1(C)O. The largest absolute Gasteiger partial charge is 0.465 e. The number of benzene rings is 1. The Morgan fingerprint density at radius 3 is 2.55 bits per heavy atom. The van der Waals surface area contributed by atoms with Crippen LogP contribution in [-0.4, -0.2) is 48.6 Å². The van der Waals surface area contributed by atoms with Gasteiger partial charge in [0.05, 0.1) is 17.1 Å². The second-order valence-corrected chi connectivity index (χ2v) is 7.58. The van der Waals surface area contributed by atoms with Crippen molar-refractivity contribution in [1.29, 1.82) is 0 Å². The van der Waals surface area contributed by atoms with E-state index in [0.717, 1.165) is 9.87 Å². The first kappa shape index (κ1) is 16.9. The zero-order valence-electron chi connectivity index (χ0n) is 12.9. The molecule has 2 atom stereocenters. The van der Waals surface area contributed by atoms with E-state index in [4.69, 9.17) is 4.74 Å². The smallest absolute Gasteiger partial charge is 0.327 e. The predicted octanol–water partition coefficient (Wildman–Crippen LogP) is 1.07. The zero-order valence-corrected chi connectivity index (χ0v) is 13.8. The highest BCUT2D eigenvalue weighted by atomic mass is 32.2. The first-order chi connectivity index (χ1) is 10.2. The Morgan fingerprint density at radius 2 is 2.00 bits per heavy atom. The summed E-state index contributed by atoms with van der Waals surface area (Å²) in [5, 5.41) is 10.4. The van der Waals surface area contributed by atoms with Crippen LogP contribution >= 0.6 is 0 Å². The highest BCUT2D eigenvalue weighted by Crippen LogP contribution is 2.34. The summed E-state index contributed by atoms with van der Waals surface area (Å²) in [6.07, 6.45) is 0.182. The molecule has 0 aromatic heterocycles. The molecule has 122 valence electrons. The van der Waals surface area contributed by atoms with Crippen LogP contribution in [0, 0.1) is 6.92 Å². The highest BCUT2D eigenvalue weighted by molar-refractivity contribution is 7.89. The number of hydrogen-bond donors (Lipinski definition) is 1. The van der Waals surface area contributed by atoms with Crippen molar-refractivity contribution >= 4 is 16.0 Å². The van der Waals surface area contributed by atoms with Crippen molar-refractivity contribution < 1.29 is 23.1 Å². The molecule has 1 fully saturated rings. The number of nitrogens with zero attached hydrogens (tertiary/aromatic N) is 1. The molecule has 1 aliphatic heterocycles. The lowest BCUT2D eigenvalue weighted by Gasteiger charge is -2.28. The molecular weight excluding hydrogens is 306 g/mol. The van der Waals surface area contributed by atoms with Crippen LogP contribution in [-0.2, 0) is 19.6 Å². The molecule has 0 amide bonds.